The van der Waals surface area contributed by atoms with Gasteiger partial charge >= 0.3 is 0 Å². The highest BCUT2D eigenvalue weighted by Gasteiger charge is 2.24. The van der Waals surface area contributed by atoms with Gasteiger partial charge in [-0.25, -0.2) is 0 Å². The molecule has 1 aliphatic heterocycles. The fourth-order valence-electron chi connectivity index (χ4n) is 5.03. The number of ether oxygens (including phenoxy) is 1. The van der Waals surface area contributed by atoms with Gasteiger partial charge in [-0.15, -0.1) is 0 Å². The van der Waals surface area contributed by atoms with Crippen molar-refractivity contribution >= 4 is 28.4 Å². The molecule has 2 amide bonds. The Kier molecular flexibility index (Phi) is 8.18. The van der Waals surface area contributed by atoms with Crippen LogP contribution in [-0.4, -0.2) is 52.8 Å². The third kappa shape index (κ3) is 7.00. The van der Waals surface area contributed by atoms with Crippen LogP contribution in [0.4, 0.5) is 5.69 Å². The lowest BCUT2D eigenvalue weighted by molar-refractivity contribution is -0.114. The Morgan fingerprint density at radius 2 is 1.64 bits per heavy atom. The zero-order valence-corrected chi connectivity index (χ0v) is 22.5. The van der Waals surface area contributed by atoms with Crippen LogP contribution in [0.5, 0.6) is 5.75 Å². The second-order valence-electron chi connectivity index (χ2n) is 10.2. The molecule has 1 N–H and O–H groups in total. The number of rotatable bonds is 8. The van der Waals surface area contributed by atoms with Crippen LogP contribution in [-0.2, 0) is 17.9 Å². The second-order valence-corrected chi connectivity index (χ2v) is 10.2. The Morgan fingerprint density at radius 3 is 2.36 bits per heavy atom. The van der Waals surface area contributed by atoms with Crippen molar-refractivity contribution in [1.29, 1.82) is 0 Å². The molecule has 1 aromatic heterocycles. The van der Waals surface area contributed by atoms with E-state index in [1.54, 1.807) is 24.3 Å². The Hall–Kier alpha value is -4.23. The molecule has 0 atom stereocenters. The normalized spacial score (nSPS) is 14.0. The van der Waals surface area contributed by atoms with Crippen LogP contribution in [0.25, 0.3) is 10.9 Å². The lowest BCUT2D eigenvalue weighted by Gasteiger charge is -2.32. The van der Waals surface area contributed by atoms with Crippen LogP contribution in [0, 0.1) is 0 Å². The molecular formula is C32H34N4O3. The van der Waals surface area contributed by atoms with Gasteiger partial charge in [0.25, 0.3) is 5.91 Å². The number of hydrogen-bond acceptors (Lipinski definition) is 5. The summed E-state index contributed by atoms with van der Waals surface area (Å²) in [7, 11) is 2.13. The molecular weight excluding hydrogens is 488 g/mol. The third-order valence-electron chi connectivity index (χ3n) is 6.98. The minimum atomic E-state index is -0.131. The largest absolute Gasteiger partial charge is 0.490 e. The molecule has 0 aliphatic carbocycles. The number of hydrogen-bond donors (Lipinski definition) is 1. The maximum absolute atomic E-state index is 12.9. The second kappa shape index (κ2) is 12.1. The molecule has 1 fully saturated rings. The van der Waals surface area contributed by atoms with Crippen molar-refractivity contribution in [2.75, 3.05) is 25.5 Å². The van der Waals surface area contributed by atoms with E-state index >= 15 is 0 Å². The monoisotopic (exact) mass is 522 g/mol. The Labute approximate surface area is 229 Å². The first-order valence-corrected chi connectivity index (χ1v) is 13.4. The number of piperidine rings is 1. The molecule has 0 spiro atoms. The Morgan fingerprint density at radius 1 is 0.949 bits per heavy atom. The molecule has 0 unspecified atom stereocenters. The van der Waals surface area contributed by atoms with E-state index in [9.17, 15) is 9.59 Å². The van der Waals surface area contributed by atoms with Gasteiger partial charge in [-0.2, -0.15) is 0 Å². The first-order valence-electron chi connectivity index (χ1n) is 13.4. The topological polar surface area (TPSA) is 74.8 Å². The molecule has 7 heteroatoms. The summed E-state index contributed by atoms with van der Waals surface area (Å²) in [5, 5.41) is 3.89. The summed E-state index contributed by atoms with van der Waals surface area (Å²) >= 11 is 0. The molecule has 0 bridgehead atoms. The molecule has 4 aromatic rings. The van der Waals surface area contributed by atoms with Crippen LogP contribution in [0.15, 0.2) is 85.1 Å². The van der Waals surface area contributed by atoms with Gasteiger partial charge in [0.2, 0.25) is 5.91 Å². The van der Waals surface area contributed by atoms with E-state index < -0.39 is 0 Å². The highest BCUT2D eigenvalue weighted by atomic mass is 16.5. The number of pyridine rings is 1. The SMILES string of the molecule is CC(=O)Nc1ccc(C(=O)N2CCC(Oc3ccc(CN(C)Cc4ccc5ncccc5c4)cc3)CC2)cc1. The standard InChI is InChI=1S/C32H34N4O3/c1-23(37)34-28-10-8-26(9-11-28)32(38)36-18-15-30(16-19-36)39-29-12-5-24(6-13-29)21-35(2)22-25-7-14-31-27(20-25)4-3-17-33-31/h3-14,17,20,30H,15-16,18-19,21-22H2,1-2H3,(H,34,37). The molecule has 2 heterocycles. The molecule has 5 rings (SSSR count). The number of aromatic nitrogens is 1. The van der Waals surface area contributed by atoms with Gasteiger partial charge in [0, 0.05) is 68.8 Å². The Bertz CT molecular complexity index is 1430. The predicted molar refractivity (Wildman–Crippen MR) is 154 cm³/mol. The van der Waals surface area contributed by atoms with Gasteiger partial charge in [-0.05, 0) is 72.8 Å². The zero-order chi connectivity index (χ0) is 27.2. The molecule has 1 saturated heterocycles. The van der Waals surface area contributed by atoms with Crippen LogP contribution in [0.2, 0.25) is 0 Å². The number of fused-ring (bicyclic) bond motifs is 1. The summed E-state index contributed by atoms with van der Waals surface area (Å²) in [6.07, 6.45) is 3.50. The quantitative estimate of drug-likeness (QED) is 0.330. The van der Waals surface area contributed by atoms with Crippen molar-refractivity contribution in [3.63, 3.8) is 0 Å². The molecule has 3 aromatic carbocycles. The van der Waals surface area contributed by atoms with E-state index in [0.717, 1.165) is 42.6 Å². The first-order chi connectivity index (χ1) is 18.9. The predicted octanol–water partition coefficient (Wildman–Crippen LogP) is 5.51. The van der Waals surface area contributed by atoms with E-state index in [2.05, 4.69) is 58.6 Å². The highest BCUT2D eigenvalue weighted by molar-refractivity contribution is 5.95. The van der Waals surface area contributed by atoms with Gasteiger partial charge in [0.15, 0.2) is 0 Å². The maximum Gasteiger partial charge on any atom is 0.253 e. The first kappa shape index (κ1) is 26.4. The third-order valence-corrected chi connectivity index (χ3v) is 6.98. The van der Waals surface area contributed by atoms with Crippen LogP contribution in [0.3, 0.4) is 0 Å². The van der Waals surface area contributed by atoms with Crippen LogP contribution in [0.1, 0.15) is 41.3 Å². The number of carbonyl (C=O) groups is 2. The van der Waals surface area contributed by atoms with Crippen LogP contribution < -0.4 is 10.1 Å². The van der Waals surface area contributed by atoms with E-state index in [0.29, 0.717) is 24.3 Å². The van der Waals surface area contributed by atoms with Gasteiger partial charge in [0.05, 0.1) is 5.52 Å². The fourth-order valence-corrected chi connectivity index (χ4v) is 5.03. The summed E-state index contributed by atoms with van der Waals surface area (Å²) in [6.45, 7) is 4.48. The fraction of sp³-hybridized carbons (Fsp3) is 0.281. The lowest BCUT2D eigenvalue weighted by Crippen LogP contribution is -2.41. The number of nitrogens with zero attached hydrogens (tertiary/aromatic N) is 3. The van der Waals surface area contributed by atoms with Crippen molar-refractivity contribution in [3.8, 4) is 5.75 Å². The highest BCUT2D eigenvalue weighted by Crippen LogP contribution is 2.22. The minimum Gasteiger partial charge on any atom is -0.490 e. The van der Waals surface area contributed by atoms with E-state index in [-0.39, 0.29) is 17.9 Å². The van der Waals surface area contributed by atoms with Gasteiger partial charge in [0.1, 0.15) is 11.9 Å². The van der Waals surface area contributed by atoms with Crippen LogP contribution >= 0.6 is 0 Å². The lowest BCUT2D eigenvalue weighted by atomic mass is 10.1. The summed E-state index contributed by atoms with van der Waals surface area (Å²) in [5.41, 5.74) is 4.83. The van der Waals surface area contributed by atoms with Crippen molar-refractivity contribution in [2.45, 2.75) is 39.0 Å². The molecule has 200 valence electrons. The minimum absolute atomic E-state index is 0.0108. The molecule has 0 saturated carbocycles. The van der Waals surface area contributed by atoms with Gasteiger partial charge in [-0.3, -0.25) is 19.5 Å². The summed E-state index contributed by atoms with van der Waals surface area (Å²) < 4.78 is 6.24. The van der Waals surface area contributed by atoms with E-state index in [1.165, 1.54) is 18.1 Å². The van der Waals surface area contributed by atoms with Crippen molar-refractivity contribution in [3.05, 3.63) is 102 Å². The maximum atomic E-state index is 12.9. The zero-order valence-electron chi connectivity index (χ0n) is 22.5. The summed E-state index contributed by atoms with van der Waals surface area (Å²) in [5.74, 6) is 0.742. The average molecular weight is 523 g/mol. The van der Waals surface area contributed by atoms with E-state index in [1.807, 2.05) is 29.3 Å². The number of carbonyl (C=O) groups excluding carboxylic acids is 2. The number of likely N-dealkylation sites (tertiary alicyclic amines) is 1. The molecule has 1 aliphatic rings. The van der Waals surface area contributed by atoms with Crippen molar-refractivity contribution < 1.29 is 14.3 Å². The number of nitrogens with one attached hydrogen (secondary N) is 1. The molecule has 7 nitrogen and oxygen atoms in total. The Balaban J connectivity index is 1.08. The average Bonchev–Trinajstić information content (AvgIpc) is 2.94. The van der Waals surface area contributed by atoms with Gasteiger partial charge < -0.3 is 15.0 Å². The van der Waals surface area contributed by atoms with Gasteiger partial charge in [-0.1, -0.05) is 24.3 Å². The number of amides is 2. The van der Waals surface area contributed by atoms with Crippen molar-refractivity contribution in [1.82, 2.24) is 14.8 Å². The number of anilines is 1. The number of benzene rings is 3. The summed E-state index contributed by atoms with van der Waals surface area (Å²) in [6, 6.07) is 25.9. The molecule has 39 heavy (non-hydrogen) atoms. The smallest absolute Gasteiger partial charge is 0.253 e. The molecule has 0 radical (unpaired) electrons. The summed E-state index contributed by atoms with van der Waals surface area (Å²) in [4.78, 5) is 32.7. The van der Waals surface area contributed by atoms with E-state index in [4.69, 9.17) is 4.74 Å². The van der Waals surface area contributed by atoms with Crippen molar-refractivity contribution in [2.24, 2.45) is 0 Å².